The summed E-state index contributed by atoms with van der Waals surface area (Å²) in [6.07, 6.45) is -7.22. The van der Waals surface area contributed by atoms with Crippen molar-refractivity contribution in [1.82, 2.24) is 9.97 Å². The summed E-state index contributed by atoms with van der Waals surface area (Å²) in [6.45, 7) is 1.26. The molecule has 3 heterocycles. The third kappa shape index (κ3) is 6.57. The van der Waals surface area contributed by atoms with Crippen LogP contribution >= 0.6 is 0 Å². The number of carbonyl (C=O) groups excluding carboxylic acids is 2. The molecule has 3 rings (SSSR count). The van der Waals surface area contributed by atoms with Crippen LogP contribution < -0.4 is 15.8 Å². The van der Waals surface area contributed by atoms with Gasteiger partial charge in [0.25, 0.3) is 12.3 Å². The van der Waals surface area contributed by atoms with Crippen molar-refractivity contribution < 1.29 is 41.0 Å². The minimum absolute atomic E-state index is 0.0870. The first-order valence-electron chi connectivity index (χ1n) is 9.46. The van der Waals surface area contributed by atoms with Gasteiger partial charge in [-0.25, -0.2) is 18.7 Å². The van der Waals surface area contributed by atoms with Crippen LogP contribution in [-0.4, -0.2) is 48.3 Å². The fraction of sp³-hybridized carbons (Fsp3) is 0.400. The van der Waals surface area contributed by atoms with Gasteiger partial charge in [-0.2, -0.15) is 13.2 Å². The van der Waals surface area contributed by atoms with Crippen molar-refractivity contribution in [2.24, 2.45) is 11.7 Å². The molecule has 0 bridgehead atoms. The zero-order valence-corrected chi connectivity index (χ0v) is 17.5. The Bertz CT molecular complexity index is 956. The predicted molar refractivity (Wildman–Crippen MR) is 106 cm³/mol. The number of hydrogen-bond acceptors (Lipinski definition) is 6. The van der Waals surface area contributed by atoms with Gasteiger partial charge in [0.05, 0.1) is 25.6 Å². The van der Waals surface area contributed by atoms with E-state index in [1.807, 2.05) is 0 Å². The Morgan fingerprint density at radius 2 is 2.00 bits per heavy atom. The van der Waals surface area contributed by atoms with Crippen LogP contribution in [-0.2, 0) is 9.53 Å². The molecule has 3 N–H and O–H groups in total. The number of nitrogens with zero attached hydrogens (tertiary/aromatic N) is 2. The molecule has 1 aliphatic heterocycles. The number of nitrogens with one attached hydrogen (secondary N) is 1. The quantitative estimate of drug-likeness (QED) is 0.487. The van der Waals surface area contributed by atoms with Gasteiger partial charge in [0, 0.05) is 17.4 Å². The van der Waals surface area contributed by atoms with Crippen LogP contribution in [0.25, 0.3) is 0 Å². The average molecular weight is 476 g/mol. The average Bonchev–Trinajstić information content (AvgIpc) is 3.16. The number of primary amides is 1. The molecule has 1 fully saturated rings. The van der Waals surface area contributed by atoms with Gasteiger partial charge in [-0.05, 0) is 18.2 Å². The second-order valence-corrected chi connectivity index (χ2v) is 6.96. The van der Waals surface area contributed by atoms with Crippen molar-refractivity contribution in [2.45, 2.75) is 31.5 Å². The number of alkyl halides is 5. The monoisotopic (exact) mass is 476 g/mol. The van der Waals surface area contributed by atoms with Crippen molar-refractivity contribution in [3.8, 4) is 5.88 Å². The first-order valence-corrected chi connectivity index (χ1v) is 9.46. The zero-order chi connectivity index (χ0) is 24.8. The number of nitrogens with two attached hydrogens (primary N) is 1. The summed E-state index contributed by atoms with van der Waals surface area (Å²) in [6, 6.07) is 5.41. The molecule has 0 aromatic carbocycles. The topological polar surface area (TPSA) is 116 Å². The number of carbonyl (C=O) groups is 2. The van der Waals surface area contributed by atoms with Crippen molar-refractivity contribution in [1.29, 1.82) is 0 Å². The molecule has 8 nitrogen and oxygen atoms in total. The van der Waals surface area contributed by atoms with Crippen LogP contribution in [0.2, 0.25) is 0 Å². The molecular weight excluding hydrogens is 455 g/mol. The fourth-order valence-electron chi connectivity index (χ4n) is 3.21. The van der Waals surface area contributed by atoms with E-state index < -0.39 is 42.1 Å². The Morgan fingerprint density at radius 3 is 2.45 bits per heavy atom. The predicted octanol–water partition coefficient (Wildman–Crippen LogP) is 3.46. The molecule has 0 spiro atoms. The van der Waals surface area contributed by atoms with Gasteiger partial charge in [-0.1, -0.05) is 13.0 Å². The highest BCUT2D eigenvalue weighted by Crippen LogP contribution is 2.44. The SMILES string of the molecule is COc1nc(C(F)F)ccc1C1COC(C(F)(F)F)C1C.NC(=O)c1ccc(NC=O)cn1. The molecule has 33 heavy (non-hydrogen) atoms. The van der Waals surface area contributed by atoms with Crippen LogP contribution in [0.4, 0.5) is 27.6 Å². The largest absolute Gasteiger partial charge is 0.481 e. The molecule has 3 unspecified atom stereocenters. The highest BCUT2D eigenvalue weighted by atomic mass is 19.4. The Labute approximate surface area is 185 Å². The Kier molecular flexibility index (Phi) is 8.63. The number of rotatable bonds is 6. The number of halogens is 5. The maximum atomic E-state index is 12.8. The van der Waals surface area contributed by atoms with E-state index in [0.29, 0.717) is 17.7 Å². The highest BCUT2D eigenvalue weighted by molar-refractivity contribution is 5.91. The Hall–Kier alpha value is -3.35. The fourth-order valence-corrected chi connectivity index (χ4v) is 3.21. The summed E-state index contributed by atoms with van der Waals surface area (Å²) in [7, 11) is 1.24. The summed E-state index contributed by atoms with van der Waals surface area (Å²) < 4.78 is 73.3. The van der Waals surface area contributed by atoms with E-state index in [-0.39, 0.29) is 18.2 Å². The first-order chi connectivity index (χ1) is 15.5. The zero-order valence-electron chi connectivity index (χ0n) is 17.5. The molecule has 0 saturated carbocycles. The Balaban J connectivity index is 0.000000273. The van der Waals surface area contributed by atoms with Crippen molar-refractivity contribution in [2.75, 3.05) is 19.0 Å². The summed E-state index contributed by atoms with van der Waals surface area (Å²) in [5, 5.41) is 2.38. The highest BCUT2D eigenvalue weighted by Gasteiger charge is 2.51. The number of ether oxygens (including phenoxy) is 2. The molecule has 1 aliphatic rings. The smallest absolute Gasteiger partial charge is 0.414 e. The Morgan fingerprint density at radius 1 is 1.30 bits per heavy atom. The normalized spacial score (nSPS) is 20.1. The molecule has 2 aromatic rings. The minimum atomic E-state index is -4.46. The summed E-state index contributed by atoms with van der Waals surface area (Å²) in [5.74, 6) is -2.13. The third-order valence-corrected chi connectivity index (χ3v) is 4.86. The van der Waals surface area contributed by atoms with Crippen LogP contribution in [0.1, 0.15) is 41.0 Å². The van der Waals surface area contributed by atoms with E-state index in [1.54, 1.807) is 6.07 Å². The number of methoxy groups -OCH3 is 1. The summed E-state index contributed by atoms with van der Waals surface area (Å²) in [4.78, 5) is 27.9. The van der Waals surface area contributed by atoms with E-state index >= 15 is 0 Å². The summed E-state index contributed by atoms with van der Waals surface area (Å²) >= 11 is 0. The molecule has 2 amide bonds. The van der Waals surface area contributed by atoms with Crippen LogP contribution in [0.5, 0.6) is 5.88 Å². The second-order valence-electron chi connectivity index (χ2n) is 6.96. The molecular formula is C20H21F5N4O4. The van der Waals surface area contributed by atoms with Crippen molar-refractivity contribution >= 4 is 18.0 Å². The lowest BCUT2D eigenvalue weighted by Crippen LogP contribution is -2.33. The molecule has 0 radical (unpaired) electrons. The van der Waals surface area contributed by atoms with Crippen molar-refractivity contribution in [3.05, 3.63) is 47.4 Å². The van der Waals surface area contributed by atoms with E-state index in [1.165, 1.54) is 32.4 Å². The van der Waals surface area contributed by atoms with Crippen molar-refractivity contribution in [3.63, 3.8) is 0 Å². The summed E-state index contributed by atoms with van der Waals surface area (Å²) in [5.41, 5.74) is 5.51. The number of aromatic nitrogens is 2. The van der Waals surface area contributed by atoms with Gasteiger partial charge in [0.2, 0.25) is 12.3 Å². The van der Waals surface area contributed by atoms with Gasteiger partial charge in [-0.15, -0.1) is 0 Å². The minimum Gasteiger partial charge on any atom is -0.481 e. The second kappa shape index (κ2) is 11.0. The maximum absolute atomic E-state index is 12.8. The first kappa shape index (κ1) is 25.9. The van der Waals surface area contributed by atoms with Gasteiger partial charge >= 0.3 is 6.18 Å². The number of anilines is 1. The number of pyridine rings is 2. The van der Waals surface area contributed by atoms with Crippen LogP contribution in [0.15, 0.2) is 30.5 Å². The van der Waals surface area contributed by atoms with E-state index in [0.717, 1.165) is 6.07 Å². The molecule has 3 atom stereocenters. The van der Waals surface area contributed by atoms with E-state index in [9.17, 15) is 31.5 Å². The third-order valence-electron chi connectivity index (χ3n) is 4.86. The molecule has 1 saturated heterocycles. The van der Waals surface area contributed by atoms with Crippen LogP contribution in [0, 0.1) is 5.92 Å². The lowest BCUT2D eigenvalue weighted by Gasteiger charge is -2.21. The molecule has 180 valence electrons. The lowest BCUT2D eigenvalue weighted by molar-refractivity contribution is -0.215. The molecule has 2 aromatic heterocycles. The van der Waals surface area contributed by atoms with E-state index in [2.05, 4.69) is 15.3 Å². The van der Waals surface area contributed by atoms with Crippen LogP contribution in [0.3, 0.4) is 0 Å². The number of hydrogen-bond donors (Lipinski definition) is 2. The molecule has 0 aliphatic carbocycles. The van der Waals surface area contributed by atoms with Gasteiger partial charge in [-0.3, -0.25) is 9.59 Å². The standard InChI is InChI=1S/C13H14F5NO2.C7H7N3O2/c1-6-8(5-21-10(6)13(16,17)18)7-3-4-9(11(14)15)19-12(7)20-2;8-7(12)6-2-1-5(3-9-6)10-4-11/h3-4,6,8,10-11H,5H2,1-2H3;1-4H,(H2,8,12)(H,10,11). The lowest BCUT2D eigenvalue weighted by atomic mass is 9.87. The number of amides is 2. The molecule has 13 heteroatoms. The van der Waals surface area contributed by atoms with Gasteiger partial charge in [0.15, 0.2) is 6.10 Å². The maximum Gasteiger partial charge on any atom is 0.414 e. The van der Waals surface area contributed by atoms with E-state index in [4.69, 9.17) is 15.2 Å². The van der Waals surface area contributed by atoms with Gasteiger partial charge in [0.1, 0.15) is 11.4 Å². The van der Waals surface area contributed by atoms with Gasteiger partial charge < -0.3 is 20.5 Å².